The van der Waals surface area contributed by atoms with Gasteiger partial charge < -0.3 is 14.5 Å². The summed E-state index contributed by atoms with van der Waals surface area (Å²) in [5.41, 5.74) is 0.276. The average molecular weight is 492 g/mol. The van der Waals surface area contributed by atoms with Gasteiger partial charge in [0.1, 0.15) is 16.7 Å². The molecule has 1 aromatic rings. The molecular weight excluding hydrogens is 454 g/mol. The van der Waals surface area contributed by atoms with Gasteiger partial charge in [-0.05, 0) is 68.6 Å². The van der Waals surface area contributed by atoms with Crippen LogP contribution in [0.2, 0.25) is 0 Å². The summed E-state index contributed by atoms with van der Waals surface area (Å²) < 4.78 is 34.1. The van der Waals surface area contributed by atoms with Crippen LogP contribution in [0.3, 0.4) is 0 Å². The second kappa shape index (κ2) is 10.2. The first-order chi connectivity index (χ1) is 16.2. The molecule has 0 aliphatic carbocycles. The highest BCUT2D eigenvalue weighted by atomic mass is 32.2. The van der Waals surface area contributed by atoms with E-state index in [1.165, 1.54) is 17.5 Å². The Morgan fingerprint density at radius 3 is 2.26 bits per heavy atom. The van der Waals surface area contributed by atoms with E-state index in [1.807, 2.05) is 4.90 Å². The molecule has 0 N–H and O–H groups in total. The molecule has 3 fully saturated rings. The Morgan fingerprint density at radius 2 is 1.62 bits per heavy atom. The molecule has 3 aliphatic rings. The van der Waals surface area contributed by atoms with E-state index >= 15 is 0 Å². The molecule has 0 aromatic heterocycles. The third-order valence-corrected chi connectivity index (χ3v) is 9.18. The summed E-state index contributed by atoms with van der Waals surface area (Å²) in [5, 5.41) is 0. The summed E-state index contributed by atoms with van der Waals surface area (Å²) >= 11 is 0. The number of methoxy groups -OCH3 is 1. The van der Waals surface area contributed by atoms with E-state index in [2.05, 4.69) is 13.8 Å². The maximum Gasteiger partial charge on any atom is 0.254 e. The molecule has 0 saturated carbocycles. The molecule has 4 rings (SSSR count). The number of nitrogens with zero attached hydrogens (tertiary/aromatic N) is 3. The van der Waals surface area contributed by atoms with Gasteiger partial charge in [-0.3, -0.25) is 9.59 Å². The van der Waals surface area contributed by atoms with Gasteiger partial charge in [0, 0.05) is 38.3 Å². The van der Waals surface area contributed by atoms with E-state index < -0.39 is 16.1 Å². The number of benzene rings is 1. The van der Waals surface area contributed by atoms with E-state index in [0.717, 1.165) is 45.2 Å². The van der Waals surface area contributed by atoms with Crippen molar-refractivity contribution >= 4 is 21.8 Å². The Hall–Kier alpha value is -2.13. The third-order valence-electron chi connectivity index (χ3n) is 7.33. The number of ether oxygens (including phenoxy) is 1. The Kier molecular flexibility index (Phi) is 7.52. The smallest absolute Gasteiger partial charge is 0.254 e. The van der Waals surface area contributed by atoms with Gasteiger partial charge in [0.2, 0.25) is 15.9 Å². The number of carbonyl (C=O) groups is 2. The standard InChI is InChI=1S/C25H37N3O5S/c1-18-14-19(2)17-27(16-18)34(31,32)23-15-20(9-10-22(23)33-3)24(29)28-13-5-4-8-21(28)25(30)26-11-6-7-12-26/h9-10,15,18-19,21H,4-8,11-14,16-17H2,1-3H3. The van der Waals surface area contributed by atoms with Crippen molar-refractivity contribution in [2.75, 3.05) is 39.8 Å². The number of carbonyl (C=O) groups excluding carboxylic acids is 2. The van der Waals surface area contributed by atoms with Crippen LogP contribution in [0.15, 0.2) is 23.1 Å². The van der Waals surface area contributed by atoms with Crippen LogP contribution in [-0.4, -0.2) is 80.2 Å². The minimum absolute atomic E-state index is 0.0154. The van der Waals surface area contributed by atoms with Crippen molar-refractivity contribution in [3.8, 4) is 5.75 Å². The van der Waals surface area contributed by atoms with E-state index in [9.17, 15) is 18.0 Å². The summed E-state index contributed by atoms with van der Waals surface area (Å²) in [7, 11) is -2.40. The van der Waals surface area contributed by atoms with Gasteiger partial charge in [-0.15, -0.1) is 0 Å². The first-order valence-electron chi connectivity index (χ1n) is 12.5. The minimum Gasteiger partial charge on any atom is -0.495 e. The monoisotopic (exact) mass is 491 g/mol. The summed E-state index contributed by atoms with van der Waals surface area (Å²) in [6, 6.07) is 4.11. The van der Waals surface area contributed by atoms with E-state index in [4.69, 9.17) is 4.74 Å². The molecule has 2 amide bonds. The van der Waals surface area contributed by atoms with Crippen LogP contribution in [0.25, 0.3) is 0 Å². The van der Waals surface area contributed by atoms with E-state index in [0.29, 0.717) is 26.1 Å². The van der Waals surface area contributed by atoms with Gasteiger partial charge in [0.25, 0.3) is 5.91 Å². The molecule has 3 heterocycles. The van der Waals surface area contributed by atoms with Crippen molar-refractivity contribution in [2.45, 2.75) is 63.3 Å². The summed E-state index contributed by atoms with van der Waals surface area (Å²) in [5.74, 6) is 0.478. The normalized spacial score (nSPS) is 26.5. The fourth-order valence-electron chi connectivity index (χ4n) is 5.70. The molecule has 3 atom stereocenters. The number of likely N-dealkylation sites (tertiary alicyclic amines) is 2. The van der Waals surface area contributed by atoms with Gasteiger partial charge in [0.15, 0.2) is 0 Å². The lowest BCUT2D eigenvalue weighted by atomic mass is 9.94. The maximum atomic E-state index is 13.6. The summed E-state index contributed by atoms with van der Waals surface area (Å²) in [6.45, 7) is 7.01. The number of hydrogen-bond donors (Lipinski definition) is 0. The maximum absolute atomic E-state index is 13.6. The molecule has 188 valence electrons. The van der Waals surface area contributed by atoms with Gasteiger partial charge in [-0.1, -0.05) is 13.8 Å². The zero-order chi connectivity index (χ0) is 24.5. The number of rotatable bonds is 5. The quantitative estimate of drug-likeness (QED) is 0.632. The molecule has 8 nitrogen and oxygen atoms in total. The molecule has 0 radical (unpaired) electrons. The molecule has 0 spiro atoms. The Bertz CT molecular complexity index is 1010. The lowest BCUT2D eigenvalue weighted by Gasteiger charge is -2.37. The van der Waals surface area contributed by atoms with Crippen molar-refractivity contribution in [3.63, 3.8) is 0 Å². The number of piperidine rings is 2. The third kappa shape index (κ3) is 4.96. The predicted molar refractivity (Wildman–Crippen MR) is 129 cm³/mol. The molecule has 9 heteroatoms. The van der Waals surface area contributed by atoms with Crippen molar-refractivity contribution in [3.05, 3.63) is 23.8 Å². The Morgan fingerprint density at radius 1 is 0.971 bits per heavy atom. The Balaban J connectivity index is 1.63. The average Bonchev–Trinajstić information content (AvgIpc) is 3.37. The number of amides is 2. The molecule has 1 aromatic carbocycles. The second-order valence-electron chi connectivity index (χ2n) is 10.2. The fraction of sp³-hybridized carbons (Fsp3) is 0.680. The zero-order valence-electron chi connectivity index (χ0n) is 20.5. The van der Waals surface area contributed by atoms with Crippen molar-refractivity contribution in [1.82, 2.24) is 14.1 Å². The van der Waals surface area contributed by atoms with Crippen molar-refractivity contribution in [1.29, 1.82) is 0 Å². The lowest BCUT2D eigenvalue weighted by molar-refractivity contribution is -0.136. The highest BCUT2D eigenvalue weighted by Crippen LogP contribution is 2.33. The molecule has 3 saturated heterocycles. The summed E-state index contributed by atoms with van der Waals surface area (Å²) in [4.78, 5) is 30.3. The van der Waals surface area contributed by atoms with Crippen LogP contribution in [0.1, 0.15) is 62.7 Å². The molecular formula is C25H37N3O5S. The highest BCUT2D eigenvalue weighted by Gasteiger charge is 2.38. The van der Waals surface area contributed by atoms with Crippen LogP contribution in [-0.2, 0) is 14.8 Å². The fourth-order valence-corrected chi connectivity index (χ4v) is 7.56. The van der Waals surface area contributed by atoms with Gasteiger partial charge in [-0.2, -0.15) is 4.31 Å². The van der Waals surface area contributed by atoms with Crippen LogP contribution in [0, 0.1) is 11.8 Å². The first kappa shape index (κ1) is 25.0. The SMILES string of the molecule is COc1ccc(C(=O)N2CCCCC2C(=O)N2CCCC2)cc1S(=O)(=O)N1CC(C)CC(C)C1. The minimum atomic E-state index is -3.84. The van der Waals surface area contributed by atoms with E-state index in [-0.39, 0.29) is 39.9 Å². The molecule has 34 heavy (non-hydrogen) atoms. The lowest BCUT2D eigenvalue weighted by Crippen LogP contribution is -2.52. The van der Waals surface area contributed by atoms with Crippen molar-refractivity contribution < 1.29 is 22.7 Å². The molecule has 3 unspecified atom stereocenters. The van der Waals surface area contributed by atoms with Crippen LogP contribution >= 0.6 is 0 Å². The van der Waals surface area contributed by atoms with Crippen LogP contribution in [0.5, 0.6) is 5.75 Å². The van der Waals surface area contributed by atoms with Gasteiger partial charge in [-0.25, -0.2) is 8.42 Å². The highest BCUT2D eigenvalue weighted by molar-refractivity contribution is 7.89. The predicted octanol–water partition coefficient (Wildman–Crippen LogP) is 2.98. The largest absolute Gasteiger partial charge is 0.495 e. The molecule has 0 bridgehead atoms. The topological polar surface area (TPSA) is 87.2 Å². The van der Waals surface area contributed by atoms with Gasteiger partial charge >= 0.3 is 0 Å². The van der Waals surface area contributed by atoms with Crippen molar-refractivity contribution in [2.24, 2.45) is 11.8 Å². The first-order valence-corrected chi connectivity index (χ1v) is 13.9. The van der Waals surface area contributed by atoms with E-state index in [1.54, 1.807) is 17.0 Å². The zero-order valence-corrected chi connectivity index (χ0v) is 21.3. The number of hydrogen-bond acceptors (Lipinski definition) is 5. The summed E-state index contributed by atoms with van der Waals surface area (Å²) in [6.07, 6.45) is 5.37. The van der Waals surface area contributed by atoms with Crippen LogP contribution in [0.4, 0.5) is 0 Å². The number of sulfonamides is 1. The van der Waals surface area contributed by atoms with Gasteiger partial charge in [0.05, 0.1) is 7.11 Å². The Labute approximate surface area is 203 Å². The van der Waals surface area contributed by atoms with Crippen LogP contribution < -0.4 is 4.74 Å². The molecule has 3 aliphatic heterocycles. The second-order valence-corrected chi connectivity index (χ2v) is 12.1.